The highest BCUT2D eigenvalue weighted by atomic mass is 35.5. The second-order valence-corrected chi connectivity index (χ2v) is 5.72. The molecule has 2 aromatic rings. The fourth-order valence-corrected chi connectivity index (χ4v) is 2.30. The Morgan fingerprint density at radius 1 is 1.22 bits per heavy atom. The van der Waals surface area contributed by atoms with Gasteiger partial charge in [-0.3, -0.25) is 14.9 Å². The Morgan fingerprint density at radius 3 is 2.56 bits per heavy atom. The third-order valence-corrected chi connectivity index (χ3v) is 3.60. The molecule has 0 bridgehead atoms. The highest BCUT2D eigenvalue weighted by molar-refractivity contribution is 6.30. The molecule has 10 heteroatoms. The first-order valence-electron chi connectivity index (χ1n) is 7.72. The zero-order valence-electron chi connectivity index (χ0n) is 13.9. The number of hydrogen-bond donors (Lipinski definition) is 1. The van der Waals surface area contributed by atoms with Crippen LogP contribution in [0.25, 0.3) is 0 Å². The second-order valence-electron chi connectivity index (χ2n) is 5.28. The zero-order chi connectivity index (χ0) is 19.8. The molecule has 0 saturated carbocycles. The number of halogens is 3. The molecule has 0 fully saturated rings. The van der Waals surface area contributed by atoms with E-state index in [0.29, 0.717) is 6.42 Å². The van der Waals surface area contributed by atoms with Crippen molar-refractivity contribution in [3.05, 3.63) is 63.2 Å². The topological polar surface area (TPSA) is 90.7 Å². The van der Waals surface area contributed by atoms with E-state index in [4.69, 9.17) is 16.3 Å². The van der Waals surface area contributed by atoms with Crippen molar-refractivity contribution >= 4 is 23.2 Å². The Kier molecular flexibility index (Phi) is 7.30. The summed E-state index contributed by atoms with van der Waals surface area (Å²) < 4.78 is 33.6. The molecule has 0 aliphatic carbocycles. The van der Waals surface area contributed by atoms with Gasteiger partial charge in [0.25, 0.3) is 5.91 Å². The van der Waals surface area contributed by atoms with E-state index >= 15 is 0 Å². The summed E-state index contributed by atoms with van der Waals surface area (Å²) in [5.74, 6) is -0.471. The van der Waals surface area contributed by atoms with Crippen LogP contribution in [0.5, 0.6) is 11.5 Å². The van der Waals surface area contributed by atoms with E-state index in [2.05, 4.69) is 10.1 Å². The number of hydrogen-bond acceptors (Lipinski definition) is 5. The van der Waals surface area contributed by atoms with Gasteiger partial charge in [-0.2, -0.15) is 8.78 Å². The van der Waals surface area contributed by atoms with Crippen molar-refractivity contribution in [2.24, 2.45) is 0 Å². The number of carbonyl (C=O) groups excluding carboxylic acids is 1. The molecule has 0 spiro atoms. The number of amides is 1. The van der Waals surface area contributed by atoms with E-state index in [1.807, 2.05) is 0 Å². The van der Waals surface area contributed by atoms with Gasteiger partial charge in [0.2, 0.25) is 0 Å². The fraction of sp³-hybridized carbons (Fsp3) is 0.235. The lowest BCUT2D eigenvalue weighted by atomic mass is 10.1. The first-order valence-corrected chi connectivity index (χ1v) is 8.10. The van der Waals surface area contributed by atoms with E-state index in [9.17, 15) is 23.7 Å². The van der Waals surface area contributed by atoms with Crippen LogP contribution in [-0.4, -0.2) is 30.6 Å². The number of rotatable bonds is 9. The minimum atomic E-state index is -2.88. The first-order chi connectivity index (χ1) is 12.8. The molecule has 0 atom stereocenters. The van der Waals surface area contributed by atoms with Crippen molar-refractivity contribution in [3.63, 3.8) is 0 Å². The lowest BCUT2D eigenvalue weighted by Gasteiger charge is -2.09. The number of ether oxygens (including phenoxy) is 2. The van der Waals surface area contributed by atoms with Crippen LogP contribution in [0.4, 0.5) is 14.5 Å². The summed E-state index contributed by atoms with van der Waals surface area (Å²) in [5.41, 5.74) is 0.479. The standard InChI is InChI=1S/C17H15ClF2N2O5/c18-12-3-6-15(14(9-12)22(24)25)26-10-16(23)21-8-7-11-1-4-13(5-2-11)27-17(19)20/h1-6,9,17H,7-8,10H2,(H,21,23). The maximum Gasteiger partial charge on any atom is 0.387 e. The van der Waals surface area contributed by atoms with Crippen molar-refractivity contribution in [2.75, 3.05) is 13.2 Å². The maximum atomic E-state index is 12.1. The highest BCUT2D eigenvalue weighted by Gasteiger charge is 2.16. The monoisotopic (exact) mass is 400 g/mol. The molecular formula is C17H15ClF2N2O5. The maximum absolute atomic E-state index is 12.1. The largest absolute Gasteiger partial charge is 0.477 e. The average molecular weight is 401 g/mol. The number of carbonyl (C=O) groups is 1. The summed E-state index contributed by atoms with van der Waals surface area (Å²) in [7, 11) is 0. The SMILES string of the molecule is O=C(COc1ccc(Cl)cc1[N+](=O)[O-])NCCc1ccc(OC(F)F)cc1. The van der Waals surface area contributed by atoms with Gasteiger partial charge in [-0.25, -0.2) is 0 Å². The first kappa shape index (κ1) is 20.4. The zero-order valence-corrected chi connectivity index (χ0v) is 14.6. The second kappa shape index (κ2) is 9.67. The van der Waals surface area contributed by atoms with Crippen molar-refractivity contribution in [1.29, 1.82) is 0 Å². The summed E-state index contributed by atoms with van der Waals surface area (Å²) in [5, 5.41) is 13.7. The quantitative estimate of drug-likeness (QED) is 0.513. The Bertz CT molecular complexity index is 802. The van der Waals surface area contributed by atoms with E-state index in [1.165, 1.54) is 24.3 Å². The van der Waals surface area contributed by atoms with Crippen LogP contribution in [0, 0.1) is 10.1 Å². The molecule has 0 aromatic heterocycles. The summed E-state index contributed by atoms with van der Waals surface area (Å²) in [6.45, 7) is -3.00. The predicted octanol–water partition coefficient (Wildman–Crippen LogP) is 3.59. The van der Waals surface area contributed by atoms with Gasteiger partial charge in [-0.05, 0) is 36.2 Å². The van der Waals surface area contributed by atoms with Crippen molar-refractivity contribution in [3.8, 4) is 11.5 Å². The minimum absolute atomic E-state index is 0.0516. The molecular weight excluding hydrogens is 386 g/mol. The normalized spacial score (nSPS) is 10.5. The average Bonchev–Trinajstić information content (AvgIpc) is 2.61. The molecule has 1 amide bonds. The predicted molar refractivity (Wildman–Crippen MR) is 93.4 cm³/mol. The third kappa shape index (κ3) is 6.70. The van der Waals surface area contributed by atoms with E-state index < -0.39 is 24.0 Å². The van der Waals surface area contributed by atoms with Gasteiger partial charge < -0.3 is 14.8 Å². The summed E-state index contributed by atoms with van der Waals surface area (Å²) >= 11 is 5.70. The molecule has 144 valence electrons. The molecule has 0 radical (unpaired) electrons. The number of nitrogens with one attached hydrogen (secondary N) is 1. The van der Waals surface area contributed by atoms with Gasteiger partial charge in [0.1, 0.15) is 5.75 Å². The Hall–Kier alpha value is -2.94. The van der Waals surface area contributed by atoms with Gasteiger partial charge in [-0.1, -0.05) is 23.7 Å². The smallest absolute Gasteiger partial charge is 0.387 e. The van der Waals surface area contributed by atoms with Crippen LogP contribution in [0.1, 0.15) is 5.56 Å². The van der Waals surface area contributed by atoms with Crippen molar-refractivity contribution < 1.29 is 28.0 Å². The van der Waals surface area contributed by atoms with Gasteiger partial charge in [0, 0.05) is 17.6 Å². The molecule has 0 heterocycles. The van der Waals surface area contributed by atoms with Crippen LogP contribution in [-0.2, 0) is 11.2 Å². The highest BCUT2D eigenvalue weighted by Crippen LogP contribution is 2.29. The van der Waals surface area contributed by atoms with Crippen molar-refractivity contribution in [2.45, 2.75) is 13.0 Å². The van der Waals surface area contributed by atoms with Crippen LogP contribution in [0.3, 0.4) is 0 Å². The Morgan fingerprint density at radius 2 is 1.93 bits per heavy atom. The molecule has 0 aliphatic rings. The minimum Gasteiger partial charge on any atom is -0.477 e. The van der Waals surface area contributed by atoms with E-state index in [1.54, 1.807) is 12.1 Å². The van der Waals surface area contributed by atoms with Gasteiger partial charge in [-0.15, -0.1) is 0 Å². The molecule has 2 aromatic carbocycles. The molecule has 1 N–H and O–H groups in total. The summed E-state index contributed by atoms with van der Waals surface area (Å²) in [6, 6.07) is 9.91. The van der Waals surface area contributed by atoms with Crippen LogP contribution < -0.4 is 14.8 Å². The van der Waals surface area contributed by atoms with Crippen LogP contribution in [0.2, 0.25) is 5.02 Å². The Labute approximate surface area is 158 Å². The number of alkyl halides is 2. The molecule has 0 aliphatic heterocycles. The van der Waals surface area contributed by atoms with Crippen LogP contribution in [0.15, 0.2) is 42.5 Å². The van der Waals surface area contributed by atoms with E-state index in [0.717, 1.165) is 11.6 Å². The fourth-order valence-electron chi connectivity index (χ4n) is 2.13. The number of nitro groups is 1. The number of nitro benzene ring substituents is 1. The lowest BCUT2D eigenvalue weighted by Crippen LogP contribution is -2.30. The summed E-state index contributed by atoms with van der Waals surface area (Å²) in [4.78, 5) is 22.1. The van der Waals surface area contributed by atoms with Crippen LogP contribution >= 0.6 is 11.6 Å². The van der Waals surface area contributed by atoms with Gasteiger partial charge >= 0.3 is 12.3 Å². The van der Waals surface area contributed by atoms with Gasteiger partial charge in [0.15, 0.2) is 12.4 Å². The van der Waals surface area contributed by atoms with E-state index in [-0.39, 0.29) is 28.8 Å². The van der Waals surface area contributed by atoms with Crippen molar-refractivity contribution in [1.82, 2.24) is 5.32 Å². The van der Waals surface area contributed by atoms with Gasteiger partial charge in [0.05, 0.1) is 4.92 Å². The lowest BCUT2D eigenvalue weighted by molar-refractivity contribution is -0.385. The molecule has 7 nitrogen and oxygen atoms in total. The molecule has 0 unspecified atom stereocenters. The number of benzene rings is 2. The number of nitrogens with zero attached hydrogens (tertiary/aromatic N) is 1. The molecule has 0 saturated heterocycles. The third-order valence-electron chi connectivity index (χ3n) is 3.36. The summed E-state index contributed by atoms with van der Waals surface area (Å²) in [6.07, 6.45) is 0.460. The molecule has 27 heavy (non-hydrogen) atoms. The Balaban J connectivity index is 1.78. The molecule has 2 rings (SSSR count).